The molecule has 4 rings (SSSR count). The number of nitrogens with zero attached hydrogens (tertiary/aromatic N) is 5. The summed E-state index contributed by atoms with van der Waals surface area (Å²) < 4.78 is 7.43. The predicted octanol–water partition coefficient (Wildman–Crippen LogP) is 5.02. The summed E-state index contributed by atoms with van der Waals surface area (Å²) in [5.74, 6) is 2.54. The van der Waals surface area contributed by atoms with Crippen molar-refractivity contribution in [3.8, 4) is 22.2 Å². The minimum atomic E-state index is 0.480. The molecule has 0 aliphatic rings. The summed E-state index contributed by atoms with van der Waals surface area (Å²) in [7, 11) is 0. The molecule has 0 fully saturated rings. The van der Waals surface area contributed by atoms with Gasteiger partial charge in [-0.2, -0.15) is 4.98 Å². The van der Waals surface area contributed by atoms with Crippen molar-refractivity contribution in [3.05, 3.63) is 52.6 Å². The Morgan fingerprint density at radius 1 is 1.19 bits per heavy atom. The third-order valence-corrected chi connectivity index (χ3v) is 5.74. The third-order valence-electron chi connectivity index (χ3n) is 3.66. The molecule has 0 N–H and O–H groups in total. The fraction of sp³-hybridized carbons (Fsp3) is 0.176. The molecule has 0 bridgehead atoms. The summed E-state index contributed by atoms with van der Waals surface area (Å²) in [4.78, 5) is 5.55. The van der Waals surface area contributed by atoms with Gasteiger partial charge in [-0.3, -0.25) is 0 Å². The highest BCUT2D eigenvalue weighted by atomic mass is 35.5. The molecule has 9 heteroatoms. The lowest BCUT2D eigenvalue weighted by Crippen LogP contribution is -1.99. The Morgan fingerprint density at radius 2 is 2.04 bits per heavy atom. The minimum Gasteiger partial charge on any atom is -0.334 e. The zero-order chi connectivity index (χ0) is 17.9. The van der Waals surface area contributed by atoms with Crippen LogP contribution in [0.3, 0.4) is 0 Å². The van der Waals surface area contributed by atoms with Gasteiger partial charge >= 0.3 is 0 Å². The van der Waals surface area contributed by atoms with E-state index in [1.165, 1.54) is 0 Å². The summed E-state index contributed by atoms with van der Waals surface area (Å²) >= 11 is 9.10. The number of thiophene rings is 1. The second-order valence-corrected chi connectivity index (χ2v) is 7.67. The van der Waals surface area contributed by atoms with Gasteiger partial charge in [-0.05, 0) is 42.6 Å². The SMILES string of the molecule is CCn1c(SCc2noc(-c3ccc(Cl)cc3)n2)nnc1-c1cccs1. The van der Waals surface area contributed by atoms with E-state index < -0.39 is 0 Å². The van der Waals surface area contributed by atoms with Crippen LogP contribution >= 0.6 is 34.7 Å². The van der Waals surface area contributed by atoms with Gasteiger partial charge < -0.3 is 9.09 Å². The first-order chi connectivity index (χ1) is 12.7. The maximum absolute atomic E-state index is 5.90. The van der Waals surface area contributed by atoms with Crippen LogP contribution in [0.4, 0.5) is 0 Å². The number of benzene rings is 1. The third kappa shape index (κ3) is 3.53. The Kier molecular flexibility index (Phi) is 5.05. The van der Waals surface area contributed by atoms with E-state index in [0.29, 0.717) is 22.5 Å². The van der Waals surface area contributed by atoms with Crippen molar-refractivity contribution in [2.75, 3.05) is 0 Å². The quantitative estimate of drug-likeness (QED) is 0.421. The van der Waals surface area contributed by atoms with Crippen molar-refractivity contribution in [2.24, 2.45) is 0 Å². The molecular weight excluding hydrogens is 390 g/mol. The molecule has 6 nitrogen and oxygen atoms in total. The Bertz CT molecular complexity index is 995. The number of hydrogen-bond acceptors (Lipinski definition) is 7. The van der Waals surface area contributed by atoms with Crippen LogP contribution < -0.4 is 0 Å². The van der Waals surface area contributed by atoms with Gasteiger partial charge in [0.2, 0.25) is 0 Å². The van der Waals surface area contributed by atoms with E-state index in [-0.39, 0.29) is 0 Å². The minimum absolute atomic E-state index is 0.480. The summed E-state index contributed by atoms with van der Waals surface area (Å²) in [5.41, 5.74) is 0.842. The van der Waals surface area contributed by atoms with Crippen LogP contribution in [0.2, 0.25) is 5.02 Å². The van der Waals surface area contributed by atoms with Crippen LogP contribution in [0, 0.1) is 0 Å². The summed E-state index contributed by atoms with van der Waals surface area (Å²) in [6, 6.07) is 11.4. The van der Waals surface area contributed by atoms with E-state index >= 15 is 0 Å². The molecule has 0 spiro atoms. The zero-order valence-corrected chi connectivity index (χ0v) is 16.2. The maximum atomic E-state index is 5.90. The van der Waals surface area contributed by atoms with Gasteiger partial charge in [-0.1, -0.05) is 34.6 Å². The molecule has 0 saturated heterocycles. The van der Waals surface area contributed by atoms with Crippen molar-refractivity contribution >= 4 is 34.7 Å². The van der Waals surface area contributed by atoms with Crippen molar-refractivity contribution in [1.82, 2.24) is 24.9 Å². The fourth-order valence-electron chi connectivity index (χ4n) is 2.42. The molecule has 0 saturated carbocycles. The molecule has 0 amide bonds. The standard InChI is InChI=1S/C17H14ClN5OS2/c1-2-23-15(13-4-3-9-25-13)20-21-17(23)26-10-14-19-16(24-22-14)11-5-7-12(18)8-6-11/h3-9H,2,10H2,1H3. The molecule has 0 radical (unpaired) electrons. The molecule has 4 aromatic rings. The molecule has 0 atom stereocenters. The second kappa shape index (κ2) is 7.61. The molecule has 3 aromatic heterocycles. The van der Waals surface area contributed by atoms with Gasteiger partial charge in [0.1, 0.15) is 0 Å². The molecule has 26 heavy (non-hydrogen) atoms. The molecule has 132 valence electrons. The van der Waals surface area contributed by atoms with E-state index in [4.69, 9.17) is 16.1 Å². The van der Waals surface area contributed by atoms with Gasteiger partial charge in [0, 0.05) is 17.1 Å². The van der Waals surface area contributed by atoms with Crippen LogP contribution in [0.5, 0.6) is 0 Å². The monoisotopic (exact) mass is 403 g/mol. The fourth-order valence-corrected chi connectivity index (χ4v) is 4.11. The van der Waals surface area contributed by atoms with Crippen LogP contribution in [0.25, 0.3) is 22.2 Å². The highest BCUT2D eigenvalue weighted by Gasteiger charge is 2.15. The number of aromatic nitrogens is 5. The van der Waals surface area contributed by atoms with Gasteiger partial charge in [-0.25, -0.2) is 0 Å². The van der Waals surface area contributed by atoms with Crippen LogP contribution in [-0.4, -0.2) is 24.9 Å². The number of halogens is 1. The van der Waals surface area contributed by atoms with Crippen LogP contribution in [0.15, 0.2) is 51.5 Å². The Balaban J connectivity index is 1.49. The number of thioether (sulfide) groups is 1. The summed E-state index contributed by atoms with van der Waals surface area (Å²) in [6.07, 6.45) is 0. The molecule has 0 aliphatic heterocycles. The highest BCUT2D eigenvalue weighted by molar-refractivity contribution is 7.98. The smallest absolute Gasteiger partial charge is 0.257 e. The molecule has 3 heterocycles. The van der Waals surface area contributed by atoms with Crippen molar-refractivity contribution in [2.45, 2.75) is 24.4 Å². The van der Waals surface area contributed by atoms with Crippen molar-refractivity contribution in [3.63, 3.8) is 0 Å². The maximum Gasteiger partial charge on any atom is 0.257 e. The first kappa shape index (κ1) is 17.3. The molecular formula is C17H14ClN5OS2. The lowest BCUT2D eigenvalue weighted by atomic mass is 10.2. The largest absolute Gasteiger partial charge is 0.334 e. The first-order valence-corrected chi connectivity index (χ1v) is 10.2. The Hall–Kier alpha value is -2.16. The van der Waals surface area contributed by atoms with Gasteiger partial charge in [0.05, 0.1) is 10.6 Å². The van der Waals surface area contributed by atoms with E-state index in [1.54, 1.807) is 35.2 Å². The molecule has 1 aromatic carbocycles. The van der Waals surface area contributed by atoms with E-state index in [9.17, 15) is 0 Å². The Labute approximate surface area is 163 Å². The van der Waals surface area contributed by atoms with E-state index in [2.05, 4.69) is 31.8 Å². The summed E-state index contributed by atoms with van der Waals surface area (Å²) in [6.45, 7) is 2.88. The average molecular weight is 404 g/mol. The average Bonchev–Trinajstić information content (AvgIpc) is 3.40. The Morgan fingerprint density at radius 3 is 2.77 bits per heavy atom. The first-order valence-electron chi connectivity index (χ1n) is 7.93. The van der Waals surface area contributed by atoms with Gasteiger partial charge in [-0.15, -0.1) is 21.5 Å². The van der Waals surface area contributed by atoms with Gasteiger partial charge in [0.15, 0.2) is 16.8 Å². The number of hydrogen-bond donors (Lipinski definition) is 0. The summed E-state index contributed by atoms with van der Waals surface area (Å²) in [5, 5.41) is 16.2. The van der Waals surface area contributed by atoms with Crippen molar-refractivity contribution < 1.29 is 4.52 Å². The lowest BCUT2D eigenvalue weighted by molar-refractivity contribution is 0.425. The zero-order valence-electron chi connectivity index (χ0n) is 13.8. The molecule has 0 unspecified atom stereocenters. The number of rotatable bonds is 6. The lowest BCUT2D eigenvalue weighted by Gasteiger charge is -2.04. The molecule has 0 aliphatic carbocycles. The second-order valence-electron chi connectivity index (χ2n) is 5.34. The van der Waals surface area contributed by atoms with Crippen LogP contribution in [-0.2, 0) is 12.3 Å². The van der Waals surface area contributed by atoms with Crippen molar-refractivity contribution in [1.29, 1.82) is 0 Å². The van der Waals surface area contributed by atoms with Gasteiger partial charge in [0.25, 0.3) is 5.89 Å². The van der Waals surface area contributed by atoms with E-state index in [1.807, 2.05) is 29.6 Å². The highest BCUT2D eigenvalue weighted by Crippen LogP contribution is 2.28. The van der Waals surface area contributed by atoms with Crippen LogP contribution in [0.1, 0.15) is 12.7 Å². The predicted molar refractivity (Wildman–Crippen MR) is 103 cm³/mol. The normalized spacial score (nSPS) is 11.2. The van der Waals surface area contributed by atoms with E-state index in [0.717, 1.165) is 28.0 Å². The topological polar surface area (TPSA) is 69.6 Å².